The van der Waals surface area contributed by atoms with Crippen molar-refractivity contribution in [3.63, 3.8) is 0 Å². The van der Waals surface area contributed by atoms with Gasteiger partial charge in [-0.3, -0.25) is 9.59 Å². The monoisotopic (exact) mass is 383 g/mol. The molecule has 150 valence electrons. The second-order valence-corrected chi connectivity index (χ2v) is 8.21. The smallest absolute Gasteiger partial charge is 0.243 e. The molecule has 0 saturated heterocycles. The molecule has 1 aliphatic rings. The summed E-state index contributed by atoms with van der Waals surface area (Å²) >= 11 is 0. The van der Waals surface area contributed by atoms with Crippen LogP contribution >= 0.6 is 0 Å². The Labute approximate surface area is 165 Å². The third kappa shape index (κ3) is 5.41. The van der Waals surface area contributed by atoms with Crippen molar-refractivity contribution < 1.29 is 9.59 Å². The van der Waals surface area contributed by atoms with Gasteiger partial charge in [0.05, 0.1) is 12.2 Å². The first-order valence-corrected chi connectivity index (χ1v) is 9.96. The van der Waals surface area contributed by atoms with Gasteiger partial charge in [-0.25, -0.2) is 9.67 Å². The molecule has 7 heteroatoms. The van der Waals surface area contributed by atoms with Gasteiger partial charge in [0.2, 0.25) is 11.8 Å². The van der Waals surface area contributed by atoms with Gasteiger partial charge < -0.3 is 10.6 Å². The highest BCUT2D eigenvalue weighted by atomic mass is 16.2. The van der Waals surface area contributed by atoms with Crippen LogP contribution in [0.4, 0.5) is 5.69 Å². The Kier molecular flexibility index (Phi) is 6.44. The Bertz CT molecular complexity index is 778. The summed E-state index contributed by atoms with van der Waals surface area (Å²) in [6, 6.07) is 7.27. The van der Waals surface area contributed by atoms with Crippen LogP contribution in [-0.4, -0.2) is 33.1 Å². The molecule has 0 radical (unpaired) electrons. The van der Waals surface area contributed by atoms with Crippen LogP contribution in [-0.2, 0) is 9.59 Å². The molecule has 1 saturated carbocycles. The van der Waals surface area contributed by atoms with Gasteiger partial charge in [-0.15, -0.1) is 0 Å². The second kappa shape index (κ2) is 8.99. The van der Waals surface area contributed by atoms with Crippen molar-refractivity contribution in [2.24, 2.45) is 11.3 Å². The number of nitrogens with one attached hydrogen (secondary N) is 2. The highest BCUT2D eigenvalue weighted by Crippen LogP contribution is 2.40. The van der Waals surface area contributed by atoms with E-state index in [1.807, 2.05) is 12.1 Å². The van der Waals surface area contributed by atoms with Gasteiger partial charge in [0.15, 0.2) is 0 Å². The molecule has 1 heterocycles. The molecule has 1 aliphatic carbocycles. The van der Waals surface area contributed by atoms with E-state index in [2.05, 4.69) is 34.6 Å². The average molecular weight is 383 g/mol. The molecule has 3 rings (SSSR count). The largest absolute Gasteiger partial charge is 0.347 e. The predicted octanol–water partition coefficient (Wildman–Crippen LogP) is 3.32. The summed E-state index contributed by atoms with van der Waals surface area (Å²) in [5.41, 5.74) is 1.50. The first-order chi connectivity index (χ1) is 13.4. The topological polar surface area (TPSA) is 88.9 Å². The third-order valence-corrected chi connectivity index (χ3v) is 5.61. The van der Waals surface area contributed by atoms with Crippen LogP contribution in [0.5, 0.6) is 0 Å². The molecular formula is C21H29N5O2. The summed E-state index contributed by atoms with van der Waals surface area (Å²) in [7, 11) is 0. The van der Waals surface area contributed by atoms with Gasteiger partial charge in [0.1, 0.15) is 12.7 Å². The van der Waals surface area contributed by atoms with E-state index in [1.54, 1.807) is 23.1 Å². The summed E-state index contributed by atoms with van der Waals surface area (Å²) in [6.07, 6.45) is 9.75. The summed E-state index contributed by atoms with van der Waals surface area (Å²) in [4.78, 5) is 28.4. The van der Waals surface area contributed by atoms with E-state index in [0.717, 1.165) is 5.69 Å². The van der Waals surface area contributed by atoms with Crippen LogP contribution in [0.2, 0.25) is 0 Å². The number of rotatable bonds is 7. The molecule has 0 bridgehead atoms. The van der Waals surface area contributed by atoms with Crippen molar-refractivity contribution in [1.82, 2.24) is 20.1 Å². The Morgan fingerprint density at radius 3 is 2.46 bits per heavy atom. The van der Waals surface area contributed by atoms with E-state index in [0.29, 0.717) is 18.0 Å². The number of amides is 2. The Hall–Kier alpha value is -2.70. The van der Waals surface area contributed by atoms with Crippen molar-refractivity contribution in [2.45, 2.75) is 52.4 Å². The van der Waals surface area contributed by atoms with Gasteiger partial charge in [-0.1, -0.05) is 33.1 Å². The second-order valence-electron chi connectivity index (χ2n) is 8.21. The Morgan fingerprint density at radius 1 is 1.11 bits per heavy atom. The number of hydrogen-bond acceptors (Lipinski definition) is 4. The van der Waals surface area contributed by atoms with Crippen LogP contribution in [0.1, 0.15) is 52.4 Å². The molecule has 0 unspecified atom stereocenters. The van der Waals surface area contributed by atoms with E-state index in [4.69, 9.17) is 0 Å². The number of hydrogen-bond donors (Lipinski definition) is 2. The van der Waals surface area contributed by atoms with Gasteiger partial charge in [0, 0.05) is 12.1 Å². The van der Waals surface area contributed by atoms with Crippen molar-refractivity contribution in [3.05, 3.63) is 36.9 Å². The number of carbonyl (C=O) groups excluding carboxylic acids is 2. The van der Waals surface area contributed by atoms with Gasteiger partial charge in [0.25, 0.3) is 0 Å². The van der Waals surface area contributed by atoms with E-state index in [9.17, 15) is 9.59 Å². The van der Waals surface area contributed by atoms with Crippen LogP contribution in [0.3, 0.4) is 0 Å². The minimum absolute atomic E-state index is 0.0234. The molecule has 7 nitrogen and oxygen atoms in total. The average Bonchev–Trinajstić information content (AvgIpc) is 3.22. The fraction of sp³-hybridized carbons (Fsp3) is 0.524. The Morgan fingerprint density at radius 2 is 1.82 bits per heavy atom. The fourth-order valence-electron chi connectivity index (χ4n) is 3.93. The molecule has 2 aromatic rings. The maximum atomic E-state index is 12.3. The lowest BCUT2D eigenvalue weighted by molar-refractivity contribution is -0.126. The third-order valence-electron chi connectivity index (χ3n) is 5.61. The van der Waals surface area contributed by atoms with Crippen LogP contribution in [0.15, 0.2) is 36.9 Å². The molecule has 1 fully saturated rings. The highest BCUT2D eigenvalue weighted by molar-refractivity contribution is 5.94. The van der Waals surface area contributed by atoms with Crippen molar-refractivity contribution in [3.8, 4) is 5.69 Å². The Balaban J connectivity index is 1.44. The van der Waals surface area contributed by atoms with E-state index in [-0.39, 0.29) is 23.8 Å². The zero-order chi connectivity index (χ0) is 20.0. The van der Waals surface area contributed by atoms with Crippen molar-refractivity contribution >= 4 is 17.5 Å². The molecule has 0 spiro atoms. The van der Waals surface area contributed by atoms with E-state index < -0.39 is 0 Å². The molecule has 28 heavy (non-hydrogen) atoms. The van der Waals surface area contributed by atoms with E-state index in [1.165, 1.54) is 38.4 Å². The minimum Gasteiger partial charge on any atom is -0.347 e. The van der Waals surface area contributed by atoms with Crippen molar-refractivity contribution in [1.29, 1.82) is 0 Å². The van der Waals surface area contributed by atoms with Gasteiger partial charge >= 0.3 is 0 Å². The lowest BCUT2D eigenvalue weighted by atomic mass is 9.69. The first kappa shape index (κ1) is 20.0. The zero-order valence-corrected chi connectivity index (χ0v) is 16.6. The minimum atomic E-state index is -0.239. The predicted molar refractivity (Wildman–Crippen MR) is 108 cm³/mol. The summed E-state index contributed by atoms with van der Waals surface area (Å²) < 4.78 is 1.64. The molecular weight excluding hydrogens is 354 g/mol. The highest BCUT2D eigenvalue weighted by Gasteiger charge is 2.32. The standard InChI is InChI=1S/C21H29N5O2/c1-21(2,16-6-4-3-5-7-16)12-19(27)23-13-20(28)25-17-8-10-18(11-9-17)26-15-22-14-24-26/h8-11,14-16H,3-7,12-13H2,1-2H3,(H,23,27)(H,25,28). The summed E-state index contributed by atoms with van der Waals surface area (Å²) in [5, 5.41) is 9.61. The maximum absolute atomic E-state index is 12.3. The number of nitrogens with zero attached hydrogens (tertiary/aromatic N) is 3. The SMILES string of the molecule is CC(C)(CC(=O)NCC(=O)Nc1ccc(-n2cncn2)cc1)C1CCCCC1. The molecule has 0 atom stereocenters. The molecule has 2 amide bonds. The molecule has 0 aliphatic heterocycles. The van der Waals surface area contributed by atoms with Crippen molar-refractivity contribution in [2.75, 3.05) is 11.9 Å². The van der Waals surface area contributed by atoms with Gasteiger partial charge in [-0.2, -0.15) is 5.10 Å². The zero-order valence-electron chi connectivity index (χ0n) is 16.6. The number of anilines is 1. The molecule has 1 aromatic heterocycles. The lowest BCUT2D eigenvalue weighted by Crippen LogP contribution is -2.37. The quantitative estimate of drug-likeness (QED) is 0.768. The molecule has 2 N–H and O–H groups in total. The van der Waals surface area contributed by atoms with Crippen LogP contribution < -0.4 is 10.6 Å². The fourth-order valence-corrected chi connectivity index (χ4v) is 3.93. The maximum Gasteiger partial charge on any atom is 0.243 e. The number of benzene rings is 1. The number of aromatic nitrogens is 3. The van der Waals surface area contributed by atoms with Gasteiger partial charge in [-0.05, 0) is 48.4 Å². The summed E-state index contributed by atoms with van der Waals surface area (Å²) in [6.45, 7) is 4.31. The van der Waals surface area contributed by atoms with Crippen LogP contribution in [0.25, 0.3) is 5.69 Å². The first-order valence-electron chi connectivity index (χ1n) is 9.96. The molecule has 1 aromatic carbocycles. The number of carbonyl (C=O) groups is 2. The summed E-state index contributed by atoms with van der Waals surface area (Å²) in [5.74, 6) is 0.286. The lowest BCUT2D eigenvalue weighted by Gasteiger charge is -2.36. The normalized spacial score (nSPS) is 15.2. The van der Waals surface area contributed by atoms with E-state index >= 15 is 0 Å². The van der Waals surface area contributed by atoms with Crippen LogP contribution in [0, 0.1) is 11.3 Å².